The molecule has 0 aliphatic heterocycles. The Balaban J connectivity index is 2.76. The minimum Gasteiger partial charge on any atom is -0.493 e. The summed E-state index contributed by atoms with van der Waals surface area (Å²) in [5.41, 5.74) is 1.01. The highest BCUT2D eigenvalue weighted by Crippen LogP contribution is 2.18. The lowest BCUT2D eigenvalue weighted by Crippen LogP contribution is -2.45. The molecule has 3 atom stereocenters. The van der Waals surface area contributed by atoms with Crippen LogP contribution in [-0.2, 0) is 25.5 Å². The van der Waals surface area contributed by atoms with Gasteiger partial charge in [0.05, 0.1) is 25.7 Å². The van der Waals surface area contributed by atoms with Crippen molar-refractivity contribution in [2.24, 2.45) is 17.8 Å². The number of allylic oxidation sites excluding steroid dienone is 1. The van der Waals surface area contributed by atoms with Gasteiger partial charge in [-0.1, -0.05) is 45.1 Å². The highest BCUT2D eigenvalue weighted by atomic mass is 16.5. The van der Waals surface area contributed by atoms with E-state index in [0.717, 1.165) is 17.7 Å². The van der Waals surface area contributed by atoms with E-state index < -0.39 is 17.9 Å². The SMILES string of the molecule is C=CCCOc1ccc(C[C@H](C)C(=O)N[C@@H](CC(C)C)C(=O)C[C@@H](CC=C)C(=O)OC)cc1. The van der Waals surface area contributed by atoms with E-state index in [-0.39, 0.29) is 29.9 Å². The zero-order chi connectivity index (χ0) is 24.8. The molecule has 1 N–H and O–H groups in total. The van der Waals surface area contributed by atoms with Crippen molar-refractivity contribution in [1.82, 2.24) is 5.32 Å². The quantitative estimate of drug-likeness (QED) is 0.221. The van der Waals surface area contributed by atoms with Crippen molar-refractivity contribution in [1.29, 1.82) is 0 Å². The Hall–Kier alpha value is -2.89. The Morgan fingerprint density at radius 1 is 1.06 bits per heavy atom. The minimum atomic E-state index is -0.641. The molecule has 0 aromatic heterocycles. The second-order valence-corrected chi connectivity index (χ2v) is 8.78. The standard InChI is InChI=1S/C27H39NO5/c1-7-9-15-33-23-13-11-21(12-14-23)17-20(5)26(30)28-24(16-19(3)4)25(29)18-22(10-8-2)27(31)32-6/h7-8,11-14,19-20,22,24H,1-2,9-10,15-18H2,3-6H3,(H,28,30)/t20-,22+,24-/m0/s1. The van der Waals surface area contributed by atoms with Crippen molar-refractivity contribution in [2.75, 3.05) is 13.7 Å². The minimum absolute atomic E-state index is 0.0120. The van der Waals surface area contributed by atoms with Crippen LogP contribution in [0.4, 0.5) is 0 Å². The first-order chi connectivity index (χ1) is 15.7. The first kappa shape index (κ1) is 28.1. The van der Waals surface area contributed by atoms with Gasteiger partial charge in [0.1, 0.15) is 5.75 Å². The Bertz CT molecular complexity index is 784. The van der Waals surface area contributed by atoms with Gasteiger partial charge in [-0.25, -0.2) is 0 Å². The van der Waals surface area contributed by atoms with E-state index in [2.05, 4.69) is 18.5 Å². The highest BCUT2D eigenvalue weighted by molar-refractivity contribution is 5.92. The summed E-state index contributed by atoms with van der Waals surface area (Å²) in [5.74, 6) is -0.704. The number of esters is 1. The lowest BCUT2D eigenvalue weighted by atomic mass is 9.91. The Kier molecular flexibility index (Phi) is 12.8. The van der Waals surface area contributed by atoms with Crippen molar-refractivity contribution in [3.63, 3.8) is 0 Å². The van der Waals surface area contributed by atoms with Crippen LogP contribution in [0, 0.1) is 17.8 Å². The van der Waals surface area contributed by atoms with E-state index in [1.54, 1.807) is 12.2 Å². The second kappa shape index (κ2) is 15.0. The molecular weight excluding hydrogens is 418 g/mol. The molecule has 1 aromatic carbocycles. The van der Waals surface area contributed by atoms with Crippen LogP contribution in [0.25, 0.3) is 0 Å². The van der Waals surface area contributed by atoms with E-state index in [4.69, 9.17) is 9.47 Å². The fourth-order valence-corrected chi connectivity index (χ4v) is 3.50. The van der Waals surface area contributed by atoms with Crippen LogP contribution >= 0.6 is 0 Å². The topological polar surface area (TPSA) is 81.7 Å². The molecule has 0 aliphatic carbocycles. The molecule has 1 aromatic rings. The van der Waals surface area contributed by atoms with E-state index in [9.17, 15) is 14.4 Å². The number of hydrogen-bond acceptors (Lipinski definition) is 5. The number of rotatable bonds is 16. The predicted octanol–water partition coefficient (Wildman–Crippen LogP) is 4.68. The highest BCUT2D eigenvalue weighted by Gasteiger charge is 2.29. The number of amides is 1. The summed E-state index contributed by atoms with van der Waals surface area (Å²) in [4.78, 5) is 37.8. The van der Waals surface area contributed by atoms with Gasteiger partial charge in [-0.05, 0) is 49.3 Å². The average molecular weight is 458 g/mol. The Morgan fingerprint density at radius 3 is 2.27 bits per heavy atom. The van der Waals surface area contributed by atoms with Gasteiger partial charge in [-0.3, -0.25) is 14.4 Å². The van der Waals surface area contributed by atoms with Crippen LogP contribution in [0.5, 0.6) is 5.75 Å². The molecule has 0 unspecified atom stereocenters. The molecule has 0 fully saturated rings. The average Bonchev–Trinajstić information content (AvgIpc) is 2.78. The molecular formula is C27H39NO5. The number of ether oxygens (including phenoxy) is 2. The summed E-state index contributed by atoms with van der Waals surface area (Å²) in [6.07, 6.45) is 5.61. The molecule has 33 heavy (non-hydrogen) atoms. The second-order valence-electron chi connectivity index (χ2n) is 8.78. The summed E-state index contributed by atoms with van der Waals surface area (Å²) >= 11 is 0. The van der Waals surface area contributed by atoms with Crippen LogP contribution in [0.15, 0.2) is 49.6 Å². The van der Waals surface area contributed by atoms with Gasteiger partial charge >= 0.3 is 5.97 Å². The number of methoxy groups -OCH3 is 1. The maximum absolute atomic E-state index is 13.0. The van der Waals surface area contributed by atoms with Crippen LogP contribution in [-0.4, -0.2) is 37.4 Å². The first-order valence-electron chi connectivity index (χ1n) is 11.6. The molecule has 0 spiro atoms. The van der Waals surface area contributed by atoms with Crippen molar-refractivity contribution >= 4 is 17.7 Å². The number of Topliss-reactive ketones (excluding diaryl/α,β-unsaturated/α-hetero) is 1. The monoisotopic (exact) mass is 457 g/mol. The van der Waals surface area contributed by atoms with Crippen LogP contribution in [0.1, 0.15) is 52.0 Å². The molecule has 1 rings (SSSR count). The summed E-state index contributed by atoms with van der Waals surface area (Å²) in [7, 11) is 1.30. The van der Waals surface area contributed by atoms with Gasteiger partial charge in [0.15, 0.2) is 5.78 Å². The normalized spacial score (nSPS) is 13.5. The van der Waals surface area contributed by atoms with Gasteiger partial charge < -0.3 is 14.8 Å². The third-order valence-corrected chi connectivity index (χ3v) is 5.35. The predicted molar refractivity (Wildman–Crippen MR) is 131 cm³/mol. The fourth-order valence-electron chi connectivity index (χ4n) is 3.50. The molecule has 0 saturated carbocycles. The van der Waals surface area contributed by atoms with Crippen LogP contribution < -0.4 is 10.1 Å². The lowest BCUT2D eigenvalue weighted by molar-refractivity contribution is -0.147. The van der Waals surface area contributed by atoms with Gasteiger partial charge in [-0.2, -0.15) is 0 Å². The molecule has 182 valence electrons. The number of hydrogen-bond donors (Lipinski definition) is 1. The maximum Gasteiger partial charge on any atom is 0.309 e. The number of ketones is 1. The lowest BCUT2D eigenvalue weighted by Gasteiger charge is -2.23. The number of carbonyl (C=O) groups is 3. The molecule has 6 nitrogen and oxygen atoms in total. The van der Waals surface area contributed by atoms with Crippen molar-refractivity contribution in [3.8, 4) is 5.75 Å². The van der Waals surface area contributed by atoms with E-state index in [1.807, 2.05) is 45.0 Å². The number of nitrogens with one attached hydrogen (secondary N) is 1. The summed E-state index contributed by atoms with van der Waals surface area (Å²) < 4.78 is 10.4. The van der Waals surface area contributed by atoms with Gasteiger partial charge in [0.25, 0.3) is 0 Å². The maximum atomic E-state index is 13.0. The summed E-state index contributed by atoms with van der Waals surface area (Å²) in [6, 6.07) is 7.03. The van der Waals surface area contributed by atoms with Gasteiger partial charge in [0.2, 0.25) is 5.91 Å². The fraction of sp³-hybridized carbons (Fsp3) is 0.519. The zero-order valence-corrected chi connectivity index (χ0v) is 20.5. The molecule has 0 radical (unpaired) electrons. The largest absolute Gasteiger partial charge is 0.493 e. The van der Waals surface area contributed by atoms with Crippen LogP contribution in [0.2, 0.25) is 0 Å². The Morgan fingerprint density at radius 2 is 1.73 bits per heavy atom. The molecule has 0 bridgehead atoms. The van der Waals surface area contributed by atoms with E-state index >= 15 is 0 Å². The summed E-state index contributed by atoms with van der Waals surface area (Å²) in [5, 5.41) is 2.92. The molecule has 6 heteroatoms. The van der Waals surface area contributed by atoms with Crippen molar-refractivity contribution < 1.29 is 23.9 Å². The zero-order valence-electron chi connectivity index (χ0n) is 20.5. The van der Waals surface area contributed by atoms with E-state index in [1.165, 1.54) is 7.11 Å². The molecule has 0 heterocycles. The molecule has 1 amide bonds. The van der Waals surface area contributed by atoms with Crippen LogP contribution in [0.3, 0.4) is 0 Å². The summed E-state index contributed by atoms with van der Waals surface area (Å²) in [6.45, 7) is 13.7. The third-order valence-electron chi connectivity index (χ3n) is 5.35. The van der Waals surface area contributed by atoms with E-state index in [0.29, 0.717) is 25.9 Å². The molecule has 0 aliphatic rings. The van der Waals surface area contributed by atoms with Gasteiger partial charge in [-0.15, -0.1) is 13.2 Å². The number of benzene rings is 1. The Labute approximate surface area is 198 Å². The van der Waals surface area contributed by atoms with Crippen molar-refractivity contribution in [3.05, 3.63) is 55.1 Å². The molecule has 0 saturated heterocycles. The van der Waals surface area contributed by atoms with Crippen molar-refractivity contribution in [2.45, 2.75) is 58.9 Å². The number of carbonyl (C=O) groups excluding carboxylic acids is 3. The first-order valence-corrected chi connectivity index (χ1v) is 11.6. The van der Waals surface area contributed by atoms with Gasteiger partial charge in [0, 0.05) is 12.3 Å². The third kappa shape index (κ3) is 10.5. The smallest absolute Gasteiger partial charge is 0.309 e.